The monoisotopic (exact) mass is 362 g/mol. The van der Waals surface area contributed by atoms with Crippen molar-refractivity contribution in [3.63, 3.8) is 0 Å². The number of nitrogens with zero attached hydrogens (tertiary/aromatic N) is 3. The predicted octanol–water partition coefficient (Wildman–Crippen LogP) is 3.23. The maximum Gasteiger partial charge on any atom is 0.138 e. The summed E-state index contributed by atoms with van der Waals surface area (Å²) >= 11 is 3.25. The van der Waals surface area contributed by atoms with E-state index in [1.54, 1.807) is 42.0 Å². The Balaban J connectivity index is 1.89. The lowest BCUT2D eigenvalue weighted by Gasteiger charge is -2.07. The Hall–Kier alpha value is -1.87. The van der Waals surface area contributed by atoms with Crippen molar-refractivity contribution in [2.75, 3.05) is 14.2 Å². The fourth-order valence-corrected chi connectivity index (χ4v) is 4.15. The van der Waals surface area contributed by atoms with E-state index in [0.717, 1.165) is 31.0 Å². The summed E-state index contributed by atoms with van der Waals surface area (Å²) in [5.74, 6) is 0.804. The molecule has 2 aromatic heterocycles. The van der Waals surface area contributed by atoms with Gasteiger partial charge < -0.3 is 15.2 Å². The van der Waals surface area contributed by atoms with Crippen LogP contribution in [0.1, 0.15) is 5.01 Å². The molecular formula is C16H18N4O2S2. The van der Waals surface area contributed by atoms with E-state index in [9.17, 15) is 0 Å². The first kappa shape index (κ1) is 17.0. The Morgan fingerprint density at radius 3 is 2.79 bits per heavy atom. The van der Waals surface area contributed by atoms with E-state index in [4.69, 9.17) is 15.2 Å². The standard InChI is InChI=1S/C16H18N4O2S2/c1-21-10-20-9-12(7-19-20)11-3-13(22-2)5-14(4-11)23-16-8-18-15(6-17)24-16/h3-5,7-9H,6,10,17H2,1-2H3. The summed E-state index contributed by atoms with van der Waals surface area (Å²) in [6.07, 6.45) is 5.63. The number of thiazole rings is 1. The number of hydrogen-bond acceptors (Lipinski definition) is 7. The highest BCUT2D eigenvalue weighted by Gasteiger charge is 2.09. The molecule has 0 bridgehead atoms. The zero-order valence-electron chi connectivity index (χ0n) is 13.4. The third-order valence-corrected chi connectivity index (χ3v) is 5.36. The van der Waals surface area contributed by atoms with Crippen LogP contribution in [0, 0.1) is 0 Å². The van der Waals surface area contributed by atoms with Crippen molar-refractivity contribution < 1.29 is 9.47 Å². The van der Waals surface area contributed by atoms with Crippen LogP contribution in [0.5, 0.6) is 5.75 Å². The van der Waals surface area contributed by atoms with Gasteiger partial charge in [-0.3, -0.25) is 0 Å². The molecule has 126 valence electrons. The first-order chi connectivity index (χ1) is 11.7. The number of benzene rings is 1. The largest absolute Gasteiger partial charge is 0.497 e. The van der Waals surface area contributed by atoms with Crippen LogP contribution in [0.15, 0.2) is 45.9 Å². The van der Waals surface area contributed by atoms with Crippen LogP contribution < -0.4 is 10.5 Å². The van der Waals surface area contributed by atoms with Gasteiger partial charge in [0.25, 0.3) is 0 Å². The first-order valence-electron chi connectivity index (χ1n) is 7.25. The second-order valence-electron chi connectivity index (χ2n) is 4.96. The van der Waals surface area contributed by atoms with E-state index in [1.807, 2.05) is 30.7 Å². The maximum atomic E-state index is 5.63. The van der Waals surface area contributed by atoms with Gasteiger partial charge in [-0.1, -0.05) is 11.8 Å². The van der Waals surface area contributed by atoms with Crippen LogP contribution in [0.2, 0.25) is 0 Å². The van der Waals surface area contributed by atoms with Crippen molar-refractivity contribution >= 4 is 23.1 Å². The topological polar surface area (TPSA) is 75.2 Å². The molecule has 24 heavy (non-hydrogen) atoms. The zero-order valence-corrected chi connectivity index (χ0v) is 15.1. The zero-order chi connectivity index (χ0) is 16.9. The quantitative estimate of drug-likeness (QED) is 0.695. The molecule has 0 aliphatic carbocycles. The molecule has 0 aliphatic heterocycles. The fourth-order valence-electron chi connectivity index (χ4n) is 2.18. The number of hydrogen-bond donors (Lipinski definition) is 1. The number of ether oxygens (including phenoxy) is 2. The highest BCUT2D eigenvalue weighted by Crippen LogP contribution is 2.36. The number of nitrogens with two attached hydrogens (primary N) is 1. The van der Waals surface area contributed by atoms with Crippen molar-refractivity contribution in [3.05, 3.63) is 41.8 Å². The van der Waals surface area contributed by atoms with Gasteiger partial charge in [0.1, 0.15) is 17.5 Å². The Labute approximate surface area is 148 Å². The van der Waals surface area contributed by atoms with Crippen molar-refractivity contribution in [3.8, 4) is 16.9 Å². The predicted molar refractivity (Wildman–Crippen MR) is 95.4 cm³/mol. The second-order valence-corrected chi connectivity index (χ2v) is 7.45. The van der Waals surface area contributed by atoms with Gasteiger partial charge in [0.15, 0.2) is 0 Å². The summed E-state index contributed by atoms with van der Waals surface area (Å²) in [7, 11) is 3.31. The van der Waals surface area contributed by atoms with Gasteiger partial charge in [-0.05, 0) is 23.8 Å². The molecule has 2 N–H and O–H groups in total. The molecule has 0 aliphatic rings. The van der Waals surface area contributed by atoms with Crippen molar-refractivity contribution in [2.45, 2.75) is 22.4 Å². The molecule has 0 radical (unpaired) electrons. The number of rotatable bonds is 7. The van der Waals surface area contributed by atoms with Gasteiger partial charge in [0.2, 0.25) is 0 Å². The second kappa shape index (κ2) is 7.80. The summed E-state index contributed by atoms with van der Waals surface area (Å²) < 4.78 is 13.4. The van der Waals surface area contributed by atoms with E-state index in [2.05, 4.69) is 16.1 Å². The van der Waals surface area contributed by atoms with E-state index < -0.39 is 0 Å². The molecule has 2 heterocycles. The molecule has 0 unspecified atom stereocenters. The van der Waals surface area contributed by atoms with Gasteiger partial charge >= 0.3 is 0 Å². The molecule has 3 aromatic rings. The van der Waals surface area contributed by atoms with E-state index >= 15 is 0 Å². The lowest BCUT2D eigenvalue weighted by molar-refractivity contribution is 0.120. The smallest absolute Gasteiger partial charge is 0.138 e. The molecule has 0 amide bonds. The van der Waals surface area contributed by atoms with Crippen LogP contribution in [0.3, 0.4) is 0 Å². The summed E-state index contributed by atoms with van der Waals surface area (Å²) in [6.45, 7) is 0.890. The molecular weight excluding hydrogens is 344 g/mol. The summed E-state index contributed by atoms with van der Waals surface area (Å²) in [5, 5.41) is 5.22. The summed E-state index contributed by atoms with van der Waals surface area (Å²) in [6, 6.07) is 6.12. The van der Waals surface area contributed by atoms with Gasteiger partial charge in [0, 0.05) is 30.3 Å². The summed E-state index contributed by atoms with van der Waals surface area (Å²) in [5.41, 5.74) is 7.69. The van der Waals surface area contributed by atoms with Crippen molar-refractivity contribution in [1.29, 1.82) is 0 Å². The van der Waals surface area contributed by atoms with Crippen LogP contribution in [-0.4, -0.2) is 29.0 Å². The number of methoxy groups -OCH3 is 2. The van der Waals surface area contributed by atoms with Crippen LogP contribution in [-0.2, 0) is 18.0 Å². The summed E-state index contributed by atoms with van der Waals surface area (Å²) in [4.78, 5) is 5.37. The number of aromatic nitrogens is 3. The van der Waals surface area contributed by atoms with Gasteiger partial charge in [-0.25, -0.2) is 9.67 Å². The lowest BCUT2D eigenvalue weighted by Crippen LogP contribution is -1.98. The minimum absolute atomic E-state index is 0.425. The van der Waals surface area contributed by atoms with Crippen LogP contribution in [0.4, 0.5) is 0 Å². The molecule has 0 spiro atoms. The third-order valence-electron chi connectivity index (χ3n) is 3.27. The molecule has 0 saturated heterocycles. The van der Waals surface area contributed by atoms with Crippen molar-refractivity contribution in [2.24, 2.45) is 5.73 Å². The normalized spacial score (nSPS) is 11.0. The van der Waals surface area contributed by atoms with Crippen molar-refractivity contribution in [1.82, 2.24) is 14.8 Å². The minimum atomic E-state index is 0.425. The van der Waals surface area contributed by atoms with Gasteiger partial charge in [0.05, 0.1) is 23.7 Å². The Morgan fingerprint density at radius 2 is 2.08 bits per heavy atom. The SMILES string of the molecule is COCn1cc(-c2cc(OC)cc(Sc3cnc(CN)s3)c2)cn1. The van der Waals surface area contributed by atoms with E-state index in [0.29, 0.717) is 13.3 Å². The molecule has 8 heteroatoms. The van der Waals surface area contributed by atoms with Gasteiger partial charge in [-0.15, -0.1) is 11.3 Å². The third kappa shape index (κ3) is 3.96. The molecule has 0 atom stereocenters. The average Bonchev–Trinajstić information content (AvgIpc) is 3.24. The maximum absolute atomic E-state index is 5.63. The molecule has 3 rings (SSSR count). The Morgan fingerprint density at radius 1 is 1.21 bits per heavy atom. The molecule has 6 nitrogen and oxygen atoms in total. The Kier molecular flexibility index (Phi) is 5.52. The molecule has 0 saturated carbocycles. The van der Waals surface area contributed by atoms with Gasteiger partial charge in [-0.2, -0.15) is 5.10 Å². The van der Waals surface area contributed by atoms with E-state index in [-0.39, 0.29) is 0 Å². The lowest BCUT2D eigenvalue weighted by atomic mass is 10.1. The highest BCUT2D eigenvalue weighted by atomic mass is 32.2. The van der Waals surface area contributed by atoms with Crippen LogP contribution >= 0.6 is 23.1 Å². The first-order valence-corrected chi connectivity index (χ1v) is 8.88. The average molecular weight is 362 g/mol. The Bertz CT molecular complexity index is 816. The van der Waals surface area contributed by atoms with E-state index in [1.165, 1.54) is 0 Å². The fraction of sp³-hybridized carbons (Fsp3) is 0.250. The molecule has 0 fully saturated rings. The minimum Gasteiger partial charge on any atom is -0.497 e. The highest BCUT2D eigenvalue weighted by molar-refractivity contribution is 8.01. The molecule has 1 aromatic carbocycles. The van der Waals surface area contributed by atoms with Crippen LogP contribution in [0.25, 0.3) is 11.1 Å².